The third kappa shape index (κ3) is 3.79. The summed E-state index contributed by atoms with van der Waals surface area (Å²) in [4.78, 5) is 26.1. The van der Waals surface area contributed by atoms with Crippen molar-refractivity contribution in [3.8, 4) is 0 Å². The third-order valence-electron chi connectivity index (χ3n) is 3.90. The number of hydrogen-bond acceptors (Lipinski definition) is 6. The molecule has 0 radical (unpaired) electrons. The number of hydrogen-bond donors (Lipinski definition) is 1. The fourth-order valence-electron chi connectivity index (χ4n) is 2.75. The zero-order chi connectivity index (χ0) is 16.4. The van der Waals surface area contributed by atoms with E-state index < -0.39 is 21.8 Å². The summed E-state index contributed by atoms with van der Waals surface area (Å²) in [7, 11) is -3.22. The van der Waals surface area contributed by atoms with Gasteiger partial charge in [0.1, 0.15) is 6.54 Å². The molecule has 1 saturated heterocycles. The maximum Gasteiger partial charge on any atom is 0.269 e. The van der Waals surface area contributed by atoms with Crippen LogP contribution in [0.2, 0.25) is 0 Å². The van der Waals surface area contributed by atoms with Crippen LogP contribution in [0.15, 0.2) is 28.5 Å². The first-order valence-corrected chi connectivity index (χ1v) is 9.17. The maximum absolute atomic E-state index is 12.1. The molecule has 124 valence electrons. The highest BCUT2D eigenvalue weighted by molar-refractivity contribution is 7.94. The Bertz CT molecular complexity index is 793. The van der Waals surface area contributed by atoms with Crippen LogP contribution in [0.5, 0.6) is 0 Å². The smallest absolute Gasteiger partial charge is 0.269 e. The Morgan fingerprint density at radius 2 is 2.09 bits per heavy atom. The van der Waals surface area contributed by atoms with Crippen LogP contribution in [0.4, 0.5) is 5.69 Å². The quantitative estimate of drug-likeness (QED) is 0.777. The largest absolute Gasteiger partial charge is 0.370 e. The molecule has 1 atom stereocenters. The number of carbonyl (C=O) groups is 1. The maximum atomic E-state index is 12.1. The van der Waals surface area contributed by atoms with E-state index >= 15 is 0 Å². The lowest BCUT2D eigenvalue weighted by atomic mass is 10.3. The molecule has 0 spiro atoms. The SMILES string of the molecule is O=C(Cn1ncc(N2CCCC2)cc1=O)N[C@@H]1C=CS(=O)(=O)C1. The van der Waals surface area contributed by atoms with Gasteiger partial charge in [0.15, 0.2) is 9.84 Å². The summed E-state index contributed by atoms with van der Waals surface area (Å²) in [6.45, 7) is 1.59. The number of amides is 1. The van der Waals surface area contributed by atoms with Crippen molar-refractivity contribution in [3.05, 3.63) is 34.1 Å². The molecule has 8 nitrogen and oxygen atoms in total. The topological polar surface area (TPSA) is 101 Å². The molecule has 1 aromatic rings. The zero-order valence-electron chi connectivity index (χ0n) is 12.5. The number of nitrogens with one attached hydrogen (secondary N) is 1. The van der Waals surface area contributed by atoms with Crippen molar-refractivity contribution in [2.75, 3.05) is 23.7 Å². The van der Waals surface area contributed by atoms with Crippen molar-refractivity contribution < 1.29 is 13.2 Å². The second kappa shape index (κ2) is 6.15. The summed E-state index contributed by atoms with van der Waals surface area (Å²) in [5, 5.41) is 7.69. The predicted octanol–water partition coefficient (Wildman–Crippen LogP) is -0.730. The Morgan fingerprint density at radius 3 is 2.70 bits per heavy atom. The van der Waals surface area contributed by atoms with E-state index in [4.69, 9.17) is 0 Å². The molecule has 3 heterocycles. The standard InChI is InChI=1S/C14H18N4O4S/c19-13(16-11-3-6-23(21,22)10-11)9-18-14(20)7-12(8-15-18)17-4-1-2-5-17/h3,6-8,11H,1-2,4-5,9-10H2,(H,16,19)/t11-/m1/s1. The highest BCUT2D eigenvalue weighted by Crippen LogP contribution is 2.16. The van der Waals surface area contributed by atoms with E-state index in [2.05, 4.69) is 15.3 Å². The van der Waals surface area contributed by atoms with Crippen LogP contribution in [0, 0.1) is 0 Å². The van der Waals surface area contributed by atoms with Gasteiger partial charge in [0, 0.05) is 24.6 Å². The van der Waals surface area contributed by atoms with Gasteiger partial charge in [-0.15, -0.1) is 0 Å². The summed E-state index contributed by atoms with van der Waals surface area (Å²) in [5.41, 5.74) is 0.424. The first-order valence-electron chi connectivity index (χ1n) is 7.45. The molecule has 23 heavy (non-hydrogen) atoms. The molecule has 1 amide bonds. The molecule has 0 saturated carbocycles. The van der Waals surface area contributed by atoms with Crippen LogP contribution < -0.4 is 15.8 Å². The normalized spacial score (nSPS) is 22.4. The van der Waals surface area contributed by atoms with Gasteiger partial charge in [0.25, 0.3) is 5.56 Å². The van der Waals surface area contributed by atoms with Crippen LogP contribution in [0.25, 0.3) is 0 Å². The number of nitrogens with zero attached hydrogens (tertiary/aromatic N) is 3. The van der Waals surface area contributed by atoms with E-state index in [-0.39, 0.29) is 17.9 Å². The molecule has 0 aromatic carbocycles. The molecular weight excluding hydrogens is 320 g/mol. The Hall–Kier alpha value is -2.16. The van der Waals surface area contributed by atoms with Crippen molar-refractivity contribution in [2.24, 2.45) is 0 Å². The van der Waals surface area contributed by atoms with E-state index in [1.165, 1.54) is 12.1 Å². The van der Waals surface area contributed by atoms with E-state index in [9.17, 15) is 18.0 Å². The highest BCUT2D eigenvalue weighted by atomic mass is 32.2. The highest BCUT2D eigenvalue weighted by Gasteiger charge is 2.23. The number of aromatic nitrogens is 2. The average Bonchev–Trinajstić information content (AvgIpc) is 3.11. The molecule has 9 heteroatoms. The molecule has 1 fully saturated rings. The van der Waals surface area contributed by atoms with Crippen molar-refractivity contribution in [1.29, 1.82) is 0 Å². The van der Waals surface area contributed by atoms with Crippen LogP contribution in [-0.2, 0) is 21.2 Å². The third-order valence-corrected chi connectivity index (χ3v) is 5.29. The number of rotatable bonds is 4. The Kier molecular flexibility index (Phi) is 4.20. The molecule has 1 N–H and O–H groups in total. The van der Waals surface area contributed by atoms with Gasteiger partial charge < -0.3 is 10.2 Å². The van der Waals surface area contributed by atoms with Crippen molar-refractivity contribution in [3.63, 3.8) is 0 Å². The van der Waals surface area contributed by atoms with E-state index in [1.54, 1.807) is 6.20 Å². The summed E-state index contributed by atoms with van der Waals surface area (Å²) in [6, 6.07) is 0.929. The Morgan fingerprint density at radius 1 is 1.35 bits per heavy atom. The number of sulfone groups is 1. The molecular formula is C14H18N4O4S. The van der Waals surface area contributed by atoms with E-state index in [0.717, 1.165) is 41.7 Å². The van der Waals surface area contributed by atoms with Gasteiger partial charge in [-0.3, -0.25) is 9.59 Å². The predicted molar refractivity (Wildman–Crippen MR) is 84.8 cm³/mol. The second-order valence-electron chi connectivity index (χ2n) is 5.74. The fraction of sp³-hybridized carbons (Fsp3) is 0.500. The van der Waals surface area contributed by atoms with Gasteiger partial charge in [-0.1, -0.05) is 0 Å². The first-order chi connectivity index (χ1) is 10.9. The first kappa shape index (κ1) is 15.7. The molecule has 2 aliphatic rings. The monoisotopic (exact) mass is 338 g/mol. The van der Waals surface area contributed by atoms with Crippen LogP contribution in [0.1, 0.15) is 12.8 Å². The van der Waals surface area contributed by atoms with E-state index in [0.29, 0.717) is 0 Å². The summed E-state index contributed by atoms with van der Waals surface area (Å²) in [5.74, 6) is -0.588. The molecule has 2 aliphatic heterocycles. The molecule has 1 aromatic heterocycles. The number of anilines is 1. The number of carbonyl (C=O) groups excluding carboxylic acids is 1. The molecule has 0 bridgehead atoms. The molecule has 0 aliphatic carbocycles. The van der Waals surface area contributed by atoms with Crippen molar-refractivity contribution >= 4 is 21.4 Å². The lowest BCUT2D eigenvalue weighted by Crippen LogP contribution is -2.40. The van der Waals surface area contributed by atoms with Gasteiger partial charge in [-0.25, -0.2) is 13.1 Å². The van der Waals surface area contributed by atoms with Crippen molar-refractivity contribution in [2.45, 2.75) is 25.4 Å². The van der Waals surface area contributed by atoms with Gasteiger partial charge in [-0.05, 0) is 18.9 Å². The minimum absolute atomic E-state index is 0.144. The minimum Gasteiger partial charge on any atom is -0.370 e. The molecule has 3 rings (SSSR count). The Labute approximate surface area is 133 Å². The van der Waals surface area contributed by atoms with Gasteiger partial charge in [0.05, 0.1) is 23.7 Å². The second-order valence-corrected chi connectivity index (χ2v) is 7.67. The van der Waals surface area contributed by atoms with Crippen LogP contribution in [-0.4, -0.2) is 49.0 Å². The summed E-state index contributed by atoms with van der Waals surface area (Å²) < 4.78 is 23.6. The lowest BCUT2D eigenvalue weighted by Gasteiger charge is -2.17. The van der Waals surface area contributed by atoms with Gasteiger partial charge in [0.2, 0.25) is 5.91 Å². The lowest BCUT2D eigenvalue weighted by molar-refractivity contribution is -0.122. The minimum atomic E-state index is -3.22. The van der Waals surface area contributed by atoms with E-state index in [1.807, 2.05) is 0 Å². The van der Waals surface area contributed by atoms with Crippen molar-refractivity contribution in [1.82, 2.24) is 15.1 Å². The van der Waals surface area contributed by atoms with Crippen LogP contribution >= 0.6 is 0 Å². The van der Waals surface area contributed by atoms with Crippen LogP contribution in [0.3, 0.4) is 0 Å². The Balaban J connectivity index is 1.62. The van der Waals surface area contributed by atoms with Gasteiger partial charge in [-0.2, -0.15) is 5.10 Å². The fourth-order valence-corrected chi connectivity index (χ4v) is 3.98. The zero-order valence-corrected chi connectivity index (χ0v) is 13.3. The summed E-state index contributed by atoms with van der Waals surface area (Å²) >= 11 is 0. The average molecular weight is 338 g/mol. The van der Waals surface area contributed by atoms with Gasteiger partial charge >= 0.3 is 0 Å². The molecule has 0 unspecified atom stereocenters. The summed E-state index contributed by atoms with van der Waals surface area (Å²) in [6.07, 6.45) is 5.21.